The highest BCUT2D eigenvalue weighted by molar-refractivity contribution is 6.33. The minimum absolute atomic E-state index is 0.0136. The highest BCUT2D eigenvalue weighted by Gasteiger charge is 2.23. The van der Waals surface area contributed by atoms with E-state index in [0.29, 0.717) is 49.4 Å². The first-order chi connectivity index (χ1) is 29.1. The summed E-state index contributed by atoms with van der Waals surface area (Å²) in [4.78, 5) is 77.4. The van der Waals surface area contributed by atoms with Crippen molar-refractivity contribution in [2.24, 2.45) is 0 Å². The van der Waals surface area contributed by atoms with E-state index in [1.54, 1.807) is 115 Å². The molecule has 0 radical (unpaired) electrons. The van der Waals surface area contributed by atoms with Crippen LogP contribution in [0.1, 0.15) is 0 Å². The van der Waals surface area contributed by atoms with Gasteiger partial charge in [0.25, 0.3) is 5.69 Å². The molecule has 4 heterocycles. The van der Waals surface area contributed by atoms with Crippen LogP contribution >= 0.6 is 11.6 Å². The molecule has 6 aromatic carbocycles. The lowest BCUT2D eigenvalue weighted by molar-refractivity contribution is -0.384. The molecule has 0 aliphatic carbocycles. The van der Waals surface area contributed by atoms with Gasteiger partial charge in [-0.2, -0.15) is 0 Å². The van der Waals surface area contributed by atoms with Crippen LogP contribution in [0.3, 0.4) is 0 Å². The van der Waals surface area contributed by atoms with Gasteiger partial charge in [0.05, 0.1) is 59.1 Å². The predicted octanol–water partition coefficient (Wildman–Crippen LogP) is 8.61. The number of hydrogen-bond acceptors (Lipinski definition) is 14. The van der Waals surface area contributed by atoms with Gasteiger partial charge in [-0.05, 0) is 78.9 Å². The molecule has 0 spiro atoms. The summed E-state index contributed by atoms with van der Waals surface area (Å²) in [5.41, 5.74) is 0.407. The van der Waals surface area contributed by atoms with Crippen molar-refractivity contribution in [3.8, 4) is 45.8 Å². The van der Waals surface area contributed by atoms with Crippen LogP contribution in [-0.2, 0) is 0 Å². The van der Waals surface area contributed by atoms with Gasteiger partial charge in [0.2, 0.25) is 23.6 Å². The summed E-state index contributed by atoms with van der Waals surface area (Å²) < 4.78 is 21.2. The minimum atomic E-state index is -0.652. The second-order valence-corrected chi connectivity index (χ2v) is 13.4. The molecule has 60 heavy (non-hydrogen) atoms. The molecule has 15 nitrogen and oxygen atoms in total. The fourth-order valence-electron chi connectivity index (χ4n) is 6.37. The van der Waals surface area contributed by atoms with Gasteiger partial charge in [0.1, 0.15) is 5.56 Å². The van der Waals surface area contributed by atoms with E-state index >= 15 is 0 Å². The van der Waals surface area contributed by atoms with Gasteiger partial charge >= 0.3 is 22.5 Å². The summed E-state index contributed by atoms with van der Waals surface area (Å²) in [5.74, 6) is 0.00870. The number of fused-ring (bicyclic) bond motifs is 4. The van der Waals surface area contributed by atoms with Gasteiger partial charge in [-0.3, -0.25) is 10.1 Å². The van der Waals surface area contributed by atoms with Crippen LogP contribution in [-0.4, -0.2) is 24.9 Å². The largest absolute Gasteiger partial charge is 0.403 e. The summed E-state index contributed by atoms with van der Waals surface area (Å²) in [6, 6.07) is 36.0. The Labute approximate surface area is 338 Å². The molecule has 0 fully saturated rings. The molecule has 0 saturated carbocycles. The molecule has 0 amide bonds. The monoisotopic (exact) mass is 815 g/mol. The van der Waals surface area contributed by atoms with Crippen molar-refractivity contribution in [1.82, 2.24) is 19.9 Å². The van der Waals surface area contributed by atoms with Crippen LogP contribution in [0.4, 0.5) is 5.69 Å². The number of benzene rings is 6. The second kappa shape index (κ2) is 15.1. The number of nitro groups is 1. The molecule has 10 rings (SSSR count). The number of nitrogens with zero attached hydrogens (tertiary/aromatic N) is 5. The Morgan fingerprint density at radius 1 is 0.433 bits per heavy atom. The highest BCUT2D eigenvalue weighted by Crippen LogP contribution is 2.34. The zero-order chi connectivity index (χ0) is 41.5. The van der Waals surface area contributed by atoms with Crippen molar-refractivity contribution < 1.29 is 22.6 Å². The van der Waals surface area contributed by atoms with Gasteiger partial charge in [-0.25, -0.2) is 39.1 Å². The molecular formula is C44H22ClN5O10. The van der Waals surface area contributed by atoms with Crippen LogP contribution in [0.15, 0.2) is 170 Å². The van der Waals surface area contributed by atoms with Crippen LogP contribution in [0.25, 0.3) is 89.4 Å². The molecule has 0 aliphatic rings. The van der Waals surface area contributed by atoms with E-state index in [4.69, 9.17) is 29.3 Å². The van der Waals surface area contributed by atoms with Gasteiger partial charge in [0.15, 0.2) is 0 Å². The van der Waals surface area contributed by atoms with Gasteiger partial charge in [-0.15, -0.1) is 0 Å². The number of para-hydroxylation sites is 4. The Morgan fingerprint density at radius 2 is 0.767 bits per heavy atom. The summed E-state index contributed by atoms with van der Waals surface area (Å²) in [5, 5.41) is 13.4. The Hall–Kier alpha value is -8.43. The molecule has 0 unspecified atom stereocenters. The van der Waals surface area contributed by atoms with Crippen LogP contribution in [0, 0.1) is 10.1 Å². The number of halogens is 1. The zero-order valence-corrected chi connectivity index (χ0v) is 31.2. The molecule has 0 atom stereocenters. The molecule has 10 aromatic rings. The molecule has 290 valence electrons. The molecule has 0 N–H and O–H groups in total. The van der Waals surface area contributed by atoms with Crippen LogP contribution < -0.4 is 22.5 Å². The van der Waals surface area contributed by atoms with Crippen molar-refractivity contribution in [3.63, 3.8) is 0 Å². The molecular weight excluding hydrogens is 794 g/mol. The normalized spacial score (nSPS) is 11.2. The van der Waals surface area contributed by atoms with Crippen molar-refractivity contribution in [1.29, 1.82) is 0 Å². The van der Waals surface area contributed by atoms with E-state index in [1.807, 2.05) is 0 Å². The number of nitro benzene ring substituents is 1. The number of aromatic nitrogens is 4. The Balaban J connectivity index is 0.000000154. The summed E-state index contributed by atoms with van der Waals surface area (Å²) >= 11 is 6.43. The predicted molar refractivity (Wildman–Crippen MR) is 222 cm³/mol. The first-order valence-corrected chi connectivity index (χ1v) is 18.2. The van der Waals surface area contributed by atoms with Crippen LogP contribution in [0.5, 0.6) is 0 Å². The smallest absolute Gasteiger partial charge is 0.347 e. The molecule has 0 saturated heterocycles. The van der Waals surface area contributed by atoms with Crippen molar-refractivity contribution >= 4 is 60.9 Å². The standard InChI is InChI=1S/C22H11ClN2O4.C22H11N3O6/c23-16-11-12(19-24-17-7-3-1-5-14(17)21(26)28-19)9-10-13(16)20-25-18-8-4-2-6-15(18)22(27)29-20;26-21-13-5-1-3-7-16(13)23-19(30-21)12-9-10-15(18(11-12)25(28)29)20-24-17-8-4-2-6-14(17)22(27)31-20/h1-11H;1-11H. The van der Waals surface area contributed by atoms with Crippen molar-refractivity contribution in [2.45, 2.75) is 0 Å². The average Bonchev–Trinajstić information content (AvgIpc) is 3.26. The lowest BCUT2D eigenvalue weighted by Crippen LogP contribution is -2.05. The second-order valence-electron chi connectivity index (χ2n) is 13.0. The zero-order valence-electron chi connectivity index (χ0n) is 30.4. The third kappa shape index (κ3) is 6.97. The fourth-order valence-corrected chi connectivity index (χ4v) is 6.63. The quantitative estimate of drug-likeness (QED) is 0.117. The maximum atomic E-state index is 12.3. The van der Waals surface area contributed by atoms with Gasteiger partial charge in [0, 0.05) is 17.2 Å². The maximum Gasteiger partial charge on any atom is 0.347 e. The minimum Gasteiger partial charge on any atom is -0.403 e. The fraction of sp³-hybridized carbons (Fsp3) is 0. The third-order valence-corrected chi connectivity index (χ3v) is 9.57. The molecule has 4 aromatic heterocycles. The lowest BCUT2D eigenvalue weighted by atomic mass is 10.1. The Bertz CT molecular complexity index is 3620. The molecule has 0 aliphatic heterocycles. The first kappa shape index (κ1) is 37.2. The Morgan fingerprint density at radius 3 is 1.17 bits per heavy atom. The molecule has 16 heteroatoms. The van der Waals surface area contributed by atoms with Crippen molar-refractivity contribution in [3.05, 3.63) is 190 Å². The van der Waals surface area contributed by atoms with E-state index in [0.717, 1.165) is 0 Å². The van der Waals surface area contributed by atoms with Gasteiger partial charge in [-0.1, -0.05) is 60.1 Å². The Kier molecular flexibility index (Phi) is 9.38. The number of rotatable bonds is 5. The molecule has 0 bridgehead atoms. The topological polar surface area (TPSA) is 216 Å². The van der Waals surface area contributed by atoms with E-state index in [-0.39, 0.29) is 50.8 Å². The van der Waals surface area contributed by atoms with Crippen molar-refractivity contribution in [2.75, 3.05) is 0 Å². The average molecular weight is 816 g/mol. The first-order valence-electron chi connectivity index (χ1n) is 17.8. The number of hydrogen-bond donors (Lipinski definition) is 0. The lowest BCUT2D eigenvalue weighted by Gasteiger charge is -2.06. The summed E-state index contributed by atoms with van der Waals surface area (Å²) in [6.07, 6.45) is 0. The van der Waals surface area contributed by atoms with E-state index in [9.17, 15) is 29.3 Å². The third-order valence-electron chi connectivity index (χ3n) is 9.26. The van der Waals surface area contributed by atoms with Crippen LogP contribution in [0.2, 0.25) is 5.02 Å². The van der Waals surface area contributed by atoms with E-state index in [1.165, 1.54) is 18.2 Å². The SMILES string of the molecule is O=c1oc(-c2ccc(-c3nc4ccccc4c(=O)o3)c(Cl)c2)nc2ccccc12.O=c1oc(-c2ccc(-c3nc4ccccc4c(=O)o3)c([N+](=O)[O-])c2)nc2ccccc12. The summed E-state index contributed by atoms with van der Waals surface area (Å²) in [6.45, 7) is 0. The van der Waals surface area contributed by atoms with Gasteiger partial charge < -0.3 is 17.7 Å². The van der Waals surface area contributed by atoms with E-state index in [2.05, 4.69) is 19.9 Å². The maximum absolute atomic E-state index is 12.3. The highest BCUT2D eigenvalue weighted by atomic mass is 35.5. The summed E-state index contributed by atoms with van der Waals surface area (Å²) in [7, 11) is 0. The van der Waals surface area contributed by atoms with E-state index < -0.39 is 27.4 Å².